The van der Waals surface area contributed by atoms with Crippen LogP contribution in [0.1, 0.15) is 28.8 Å². The summed E-state index contributed by atoms with van der Waals surface area (Å²) >= 11 is 0. The normalized spacial score (nSPS) is 10.9. The van der Waals surface area contributed by atoms with Gasteiger partial charge in [0.2, 0.25) is 5.91 Å². The van der Waals surface area contributed by atoms with Crippen LogP contribution < -0.4 is 10.9 Å². The second-order valence-electron chi connectivity index (χ2n) is 8.09. The maximum Gasteiger partial charge on any atom is 0.272 e. The summed E-state index contributed by atoms with van der Waals surface area (Å²) in [6.07, 6.45) is 1.25. The summed E-state index contributed by atoms with van der Waals surface area (Å²) in [4.78, 5) is 30.3. The molecule has 32 heavy (non-hydrogen) atoms. The Labute approximate surface area is 187 Å². The summed E-state index contributed by atoms with van der Waals surface area (Å²) in [5, 5.41) is 2.92. The maximum atomic E-state index is 13.2. The first-order valence-electron chi connectivity index (χ1n) is 10.9. The number of aromatic nitrogens is 2. The van der Waals surface area contributed by atoms with Crippen molar-refractivity contribution in [1.29, 1.82) is 0 Å². The largest absolute Gasteiger partial charge is 0.326 e. The molecule has 0 unspecified atom stereocenters. The Balaban J connectivity index is 1.53. The fraction of sp³-hybridized carbons (Fsp3) is 0.222. The van der Waals surface area contributed by atoms with Gasteiger partial charge in [0.05, 0.1) is 11.0 Å². The summed E-state index contributed by atoms with van der Waals surface area (Å²) in [6.45, 7) is 4.62. The van der Waals surface area contributed by atoms with Crippen molar-refractivity contribution in [3.63, 3.8) is 0 Å². The molecule has 4 rings (SSSR count). The maximum absolute atomic E-state index is 13.2. The highest BCUT2D eigenvalue weighted by Gasteiger charge is 2.13. The Morgan fingerprint density at radius 3 is 2.44 bits per heavy atom. The molecule has 1 amide bonds. The minimum Gasteiger partial charge on any atom is -0.326 e. The third-order valence-electron chi connectivity index (χ3n) is 5.77. The summed E-state index contributed by atoms with van der Waals surface area (Å²) in [5.41, 5.74) is 6.13. The van der Waals surface area contributed by atoms with Crippen molar-refractivity contribution < 1.29 is 4.79 Å². The smallest absolute Gasteiger partial charge is 0.272 e. The fourth-order valence-corrected chi connectivity index (χ4v) is 3.79. The Kier molecular flexibility index (Phi) is 6.45. The third kappa shape index (κ3) is 4.94. The van der Waals surface area contributed by atoms with E-state index in [1.54, 1.807) is 4.57 Å². The molecule has 0 aliphatic heterocycles. The second kappa shape index (κ2) is 9.60. The van der Waals surface area contributed by atoms with Crippen LogP contribution >= 0.6 is 0 Å². The first-order valence-corrected chi connectivity index (χ1v) is 10.9. The number of nitrogens with one attached hydrogen (secondary N) is 1. The quantitative estimate of drug-likeness (QED) is 0.461. The van der Waals surface area contributed by atoms with E-state index >= 15 is 0 Å². The number of fused-ring (bicyclic) bond motifs is 1. The molecule has 3 aromatic carbocycles. The van der Waals surface area contributed by atoms with Crippen molar-refractivity contribution in [2.45, 2.75) is 39.7 Å². The molecule has 0 atom stereocenters. The molecular formula is C27H27N3O2. The van der Waals surface area contributed by atoms with Crippen molar-refractivity contribution >= 4 is 22.6 Å². The third-order valence-corrected chi connectivity index (χ3v) is 5.77. The monoisotopic (exact) mass is 425 g/mol. The number of anilines is 1. The van der Waals surface area contributed by atoms with Gasteiger partial charge in [-0.05, 0) is 61.2 Å². The molecule has 0 radical (unpaired) electrons. The van der Waals surface area contributed by atoms with Crippen molar-refractivity contribution in [2.75, 3.05) is 5.32 Å². The number of benzene rings is 3. The number of rotatable bonds is 7. The lowest BCUT2D eigenvalue weighted by atomic mass is 10.1. The van der Waals surface area contributed by atoms with Crippen LogP contribution in [0, 0.1) is 13.8 Å². The van der Waals surface area contributed by atoms with E-state index in [2.05, 4.69) is 22.4 Å². The zero-order valence-corrected chi connectivity index (χ0v) is 18.5. The number of carbonyl (C=O) groups excluding carboxylic acids is 1. The average molecular weight is 426 g/mol. The molecule has 0 aliphatic rings. The van der Waals surface area contributed by atoms with Gasteiger partial charge in [0, 0.05) is 25.1 Å². The highest BCUT2D eigenvalue weighted by molar-refractivity contribution is 5.91. The molecule has 0 aliphatic carbocycles. The zero-order chi connectivity index (χ0) is 22.5. The van der Waals surface area contributed by atoms with Crippen molar-refractivity contribution in [3.05, 3.63) is 106 Å². The molecule has 0 fully saturated rings. The SMILES string of the molecule is Cc1ccc(NC(=O)CCc2nc3ccccc3n(CCc3ccccc3)c2=O)cc1C. The first-order chi connectivity index (χ1) is 15.5. The van der Waals surface area contributed by atoms with Crippen LogP contribution in [0.4, 0.5) is 5.69 Å². The van der Waals surface area contributed by atoms with E-state index in [1.807, 2.05) is 74.5 Å². The number of nitrogens with zero attached hydrogens (tertiary/aromatic N) is 2. The summed E-state index contributed by atoms with van der Waals surface area (Å²) in [6, 6.07) is 23.6. The first kappa shape index (κ1) is 21.5. The lowest BCUT2D eigenvalue weighted by Crippen LogP contribution is -2.27. The van der Waals surface area contributed by atoms with Gasteiger partial charge in [0.15, 0.2) is 0 Å². The molecule has 1 aromatic heterocycles. The van der Waals surface area contributed by atoms with Crippen molar-refractivity contribution in [2.24, 2.45) is 0 Å². The Bertz CT molecular complexity index is 1310. The van der Waals surface area contributed by atoms with Gasteiger partial charge in [-0.3, -0.25) is 9.59 Å². The standard InChI is InChI=1S/C27H27N3O2/c1-19-12-13-22(18-20(19)2)28-26(31)15-14-24-27(32)30(17-16-21-8-4-3-5-9-21)25-11-7-6-10-23(25)29-24/h3-13,18H,14-17H2,1-2H3,(H,28,31). The van der Waals surface area contributed by atoms with E-state index in [4.69, 9.17) is 0 Å². The number of hydrogen-bond acceptors (Lipinski definition) is 3. The average Bonchev–Trinajstić information content (AvgIpc) is 2.80. The topological polar surface area (TPSA) is 64.0 Å². The van der Waals surface area contributed by atoms with E-state index in [9.17, 15) is 9.59 Å². The van der Waals surface area contributed by atoms with E-state index in [1.165, 1.54) is 11.1 Å². The predicted molar refractivity (Wildman–Crippen MR) is 129 cm³/mol. The van der Waals surface area contributed by atoms with Gasteiger partial charge in [-0.2, -0.15) is 0 Å². The number of aryl methyl sites for hydroxylation is 5. The zero-order valence-electron chi connectivity index (χ0n) is 18.5. The molecular weight excluding hydrogens is 398 g/mol. The fourth-order valence-electron chi connectivity index (χ4n) is 3.79. The minimum absolute atomic E-state index is 0.126. The highest BCUT2D eigenvalue weighted by Crippen LogP contribution is 2.15. The van der Waals surface area contributed by atoms with Gasteiger partial charge in [-0.1, -0.05) is 48.5 Å². The molecule has 162 valence electrons. The van der Waals surface area contributed by atoms with Crippen LogP contribution in [0.25, 0.3) is 11.0 Å². The molecule has 1 heterocycles. The number of para-hydroxylation sites is 2. The summed E-state index contributed by atoms with van der Waals surface area (Å²) in [7, 11) is 0. The number of carbonyl (C=O) groups is 1. The second-order valence-corrected chi connectivity index (χ2v) is 8.09. The van der Waals surface area contributed by atoms with Crippen molar-refractivity contribution in [3.8, 4) is 0 Å². The molecule has 5 nitrogen and oxygen atoms in total. The van der Waals surface area contributed by atoms with Gasteiger partial charge in [0.25, 0.3) is 5.56 Å². The molecule has 0 spiro atoms. The van der Waals surface area contributed by atoms with Crippen LogP contribution in [0.3, 0.4) is 0 Å². The van der Waals surface area contributed by atoms with E-state index < -0.39 is 0 Å². The Morgan fingerprint density at radius 1 is 0.906 bits per heavy atom. The Hall–Kier alpha value is -3.73. The van der Waals surface area contributed by atoms with Crippen LogP contribution in [0.5, 0.6) is 0 Å². The van der Waals surface area contributed by atoms with E-state index in [0.717, 1.165) is 28.7 Å². The molecule has 0 bridgehead atoms. The predicted octanol–water partition coefficient (Wildman–Crippen LogP) is 4.83. The highest BCUT2D eigenvalue weighted by atomic mass is 16.1. The van der Waals surface area contributed by atoms with Crippen LogP contribution in [-0.2, 0) is 24.2 Å². The van der Waals surface area contributed by atoms with Gasteiger partial charge < -0.3 is 9.88 Å². The summed E-state index contributed by atoms with van der Waals surface area (Å²) in [5.74, 6) is -0.126. The van der Waals surface area contributed by atoms with E-state index in [-0.39, 0.29) is 17.9 Å². The van der Waals surface area contributed by atoms with Crippen LogP contribution in [0.2, 0.25) is 0 Å². The lowest BCUT2D eigenvalue weighted by molar-refractivity contribution is -0.116. The van der Waals surface area contributed by atoms with E-state index in [0.29, 0.717) is 18.7 Å². The number of amides is 1. The molecule has 0 saturated heterocycles. The molecule has 1 N–H and O–H groups in total. The molecule has 5 heteroatoms. The van der Waals surface area contributed by atoms with Gasteiger partial charge in [-0.25, -0.2) is 4.98 Å². The van der Waals surface area contributed by atoms with Crippen molar-refractivity contribution in [1.82, 2.24) is 9.55 Å². The van der Waals surface area contributed by atoms with Crippen LogP contribution in [0.15, 0.2) is 77.6 Å². The van der Waals surface area contributed by atoms with Crippen LogP contribution in [-0.4, -0.2) is 15.5 Å². The molecule has 4 aromatic rings. The Morgan fingerprint density at radius 2 is 1.66 bits per heavy atom. The van der Waals surface area contributed by atoms with Gasteiger partial charge >= 0.3 is 0 Å². The number of hydrogen-bond donors (Lipinski definition) is 1. The minimum atomic E-state index is -0.126. The lowest BCUT2D eigenvalue weighted by Gasteiger charge is -2.13. The molecule has 0 saturated carbocycles. The summed E-state index contributed by atoms with van der Waals surface area (Å²) < 4.78 is 1.78. The van der Waals surface area contributed by atoms with Gasteiger partial charge in [0.1, 0.15) is 5.69 Å². The van der Waals surface area contributed by atoms with Gasteiger partial charge in [-0.15, -0.1) is 0 Å².